The summed E-state index contributed by atoms with van der Waals surface area (Å²) in [5.41, 5.74) is 1.51. The van der Waals surface area contributed by atoms with Crippen LogP contribution in [0.2, 0.25) is 0 Å². The van der Waals surface area contributed by atoms with Crippen LogP contribution in [0.1, 0.15) is 47.6 Å². The van der Waals surface area contributed by atoms with Crippen molar-refractivity contribution in [2.75, 3.05) is 20.3 Å². The zero-order valence-corrected chi connectivity index (χ0v) is 18.7. The average Bonchev–Trinajstić information content (AvgIpc) is 3.11. The maximum absolute atomic E-state index is 13.3. The molecule has 34 heavy (non-hydrogen) atoms. The summed E-state index contributed by atoms with van der Waals surface area (Å²) < 4.78 is 38.1. The van der Waals surface area contributed by atoms with Crippen LogP contribution in [-0.2, 0) is 4.74 Å². The number of hydrogen-bond acceptors (Lipinski definition) is 5. The maximum Gasteiger partial charge on any atom is 0.387 e. The molecule has 1 amide bonds. The van der Waals surface area contributed by atoms with Crippen molar-refractivity contribution in [3.05, 3.63) is 53.3 Å². The molecule has 0 radical (unpaired) electrons. The molecule has 176 valence electrons. The summed E-state index contributed by atoms with van der Waals surface area (Å²) in [6.07, 6.45) is 0.861. The zero-order valence-electron chi connectivity index (χ0n) is 18.7. The van der Waals surface area contributed by atoms with E-state index >= 15 is 0 Å². The largest absolute Gasteiger partial charge is 0.433 e. The van der Waals surface area contributed by atoms with Crippen LogP contribution in [0.3, 0.4) is 0 Å². The van der Waals surface area contributed by atoms with Gasteiger partial charge >= 0.3 is 6.61 Å². The lowest BCUT2D eigenvalue weighted by atomic mass is 9.98. The Hall–Kier alpha value is -3.48. The van der Waals surface area contributed by atoms with Crippen molar-refractivity contribution in [1.29, 1.82) is 0 Å². The first-order chi connectivity index (χ1) is 16.3. The summed E-state index contributed by atoms with van der Waals surface area (Å²) in [7, 11) is 1.68. The molecule has 1 fully saturated rings. The number of rotatable bonds is 4. The Bertz CT molecular complexity index is 1340. The van der Waals surface area contributed by atoms with E-state index in [-0.39, 0.29) is 48.6 Å². The molecule has 1 saturated heterocycles. The van der Waals surface area contributed by atoms with E-state index < -0.39 is 12.2 Å². The second-order valence-electron chi connectivity index (χ2n) is 8.58. The van der Waals surface area contributed by atoms with Gasteiger partial charge in [0.1, 0.15) is 17.1 Å². The highest BCUT2D eigenvalue weighted by Crippen LogP contribution is 2.40. The first kappa shape index (κ1) is 22.3. The second-order valence-corrected chi connectivity index (χ2v) is 8.58. The number of ether oxygens (including phenoxy) is 2. The Kier molecular flexibility index (Phi) is 5.50. The molecular formula is C25H23F2N3O4. The van der Waals surface area contributed by atoms with Gasteiger partial charge in [0.2, 0.25) is 0 Å². The average molecular weight is 467 g/mol. The molecule has 0 spiro atoms. The monoisotopic (exact) mass is 467 g/mol. The summed E-state index contributed by atoms with van der Waals surface area (Å²) in [5.74, 6) is 6.20. The number of nitrogens with zero attached hydrogens (tertiary/aromatic N) is 3. The molecular weight excluding hydrogens is 444 g/mol. The topological polar surface area (TPSA) is 76.8 Å². The minimum absolute atomic E-state index is 0.102. The molecule has 2 aliphatic heterocycles. The Morgan fingerprint density at radius 3 is 2.79 bits per heavy atom. The third-order valence-electron chi connectivity index (χ3n) is 6.21. The third kappa shape index (κ3) is 3.69. The summed E-state index contributed by atoms with van der Waals surface area (Å²) in [6.45, 7) is -0.581. The van der Waals surface area contributed by atoms with Gasteiger partial charge in [0.15, 0.2) is 5.75 Å². The quantitative estimate of drug-likeness (QED) is 0.593. The molecule has 0 bridgehead atoms. The number of carbonyl (C=O) groups is 1. The Labute approximate surface area is 194 Å². The highest BCUT2D eigenvalue weighted by atomic mass is 19.3. The highest BCUT2D eigenvalue weighted by Gasteiger charge is 2.36. The Morgan fingerprint density at radius 1 is 1.32 bits per heavy atom. The lowest BCUT2D eigenvalue weighted by Crippen LogP contribution is -2.49. The number of hydrogen-bond donors (Lipinski definition) is 1. The molecule has 1 atom stereocenters. The number of alkyl halides is 2. The predicted molar refractivity (Wildman–Crippen MR) is 120 cm³/mol. The molecule has 9 heteroatoms. The van der Waals surface area contributed by atoms with Gasteiger partial charge in [-0.15, -0.1) is 0 Å². The van der Waals surface area contributed by atoms with Gasteiger partial charge in [-0.3, -0.25) is 9.36 Å². The lowest BCUT2D eigenvalue weighted by Gasteiger charge is -2.34. The van der Waals surface area contributed by atoms with E-state index in [0.29, 0.717) is 28.8 Å². The van der Waals surface area contributed by atoms with Crippen molar-refractivity contribution in [1.82, 2.24) is 14.5 Å². The van der Waals surface area contributed by atoms with Crippen LogP contribution in [0.4, 0.5) is 8.78 Å². The van der Waals surface area contributed by atoms with Gasteiger partial charge in [0.05, 0.1) is 35.9 Å². The lowest BCUT2D eigenvalue weighted by molar-refractivity contribution is -0.174. The highest BCUT2D eigenvalue weighted by molar-refractivity contribution is 6.00. The molecule has 1 N–H and O–H groups in total. The normalized spacial score (nSPS) is 18.6. The van der Waals surface area contributed by atoms with Crippen LogP contribution < -0.4 is 4.74 Å². The molecule has 1 aromatic heterocycles. The fraction of sp³-hybridized carbons (Fsp3) is 0.360. The number of para-hydroxylation sites is 1. The Balaban J connectivity index is 1.71. The van der Waals surface area contributed by atoms with E-state index in [1.807, 2.05) is 25.1 Å². The fourth-order valence-electron chi connectivity index (χ4n) is 4.46. The number of halogens is 2. The van der Waals surface area contributed by atoms with Crippen LogP contribution in [0.25, 0.3) is 16.7 Å². The van der Waals surface area contributed by atoms with Gasteiger partial charge in [0, 0.05) is 19.0 Å². The number of carbonyl (C=O) groups excluding carboxylic acids is 1. The third-order valence-corrected chi connectivity index (χ3v) is 6.21. The van der Waals surface area contributed by atoms with E-state index in [4.69, 9.17) is 14.5 Å². The molecule has 5 rings (SSSR count). The van der Waals surface area contributed by atoms with Crippen LogP contribution >= 0.6 is 0 Å². The van der Waals surface area contributed by atoms with Gasteiger partial charge in [-0.2, -0.15) is 8.78 Å². The van der Waals surface area contributed by atoms with Crippen molar-refractivity contribution in [2.24, 2.45) is 0 Å². The number of amides is 1. The molecule has 1 unspecified atom stereocenters. The van der Waals surface area contributed by atoms with Crippen LogP contribution in [0.15, 0.2) is 36.4 Å². The number of aliphatic hydroxyl groups is 1. The molecule has 0 saturated carbocycles. The predicted octanol–water partition coefficient (Wildman–Crippen LogP) is 3.67. The van der Waals surface area contributed by atoms with Gasteiger partial charge in [-0.05, 0) is 36.8 Å². The Morgan fingerprint density at radius 2 is 2.12 bits per heavy atom. The van der Waals surface area contributed by atoms with E-state index in [9.17, 15) is 18.7 Å². The molecule has 3 heterocycles. The van der Waals surface area contributed by atoms with Gasteiger partial charge in [-0.25, -0.2) is 4.98 Å². The standard InChI is InChI=1S/C25H23F2N3O4/c1-3-18-22-28-17-10-9-15(6-5-11-25(32)13-33-14-25)12-19(17)30(22)21-16(23(31)29(18)2)7-4-8-20(21)34-24(26)27/h4,7-10,12,18,24,32H,3,11,13-14H2,1-2H3. The van der Waals surface area contributed by atoms with Gasteiger partial charge in [-0.1, -0.05) is 24.8 Å². The molecule has 2 aromatic carbocycles. The van der Waals surface area contributed by atoms with E-state index in [1.54, 1.807) is 22.6 Å². The summed E-state index contributed by atoms with van der Waals surface area (Å²) in [4.78, 5) is 19.6. The smallest absolute Gasteiger partial charge is 0.387 e. The zero-order chi connectivity index (χ0) is 24.0. The maximum atomic E-state index is 13.3. The number of aromatic nitrogens is 2. The van der Waals surface area contributed by atoms with Crippen molar-refractivity contribution in [3.63, 3.8) is 0 Å². The first-order valence-electron chi connectivity index (χ1n) is 11.0. The van der Waals surface area contributed by atoms with E-state index in [0.717, 1.165) is 0 Å². The number of benzene rings is 2. The van der Waals surface area contributed by atoms with Crippen LogP contribution in [-0.4, -0.2) is 57.9 Å². The van der Waals surface area contributed by atoms with Crippen molar-refractivity contribution >= 4 is 16.9 Å². The van der Waals surface area contributed by atoms with Crippen molar-refractivity contribution in [2.45, 2.75) is 38.0 Å². The summed E-state index contributed by atoms with van der Waals surface area (Å²) >= 11 is 0. The fourth-order valence-corrected chi connectivity index (χ4v) is 4.46. The van der Waals surface area contributed by atoms with Gasteiger partial charge < -0.3 is 19.5 Å². The molecule has 0 aliphatic carbocycles. The second kappa shape index (κ2) is 8.38. The number of fused-ring (bicyclic) bond motifs is 5. The molecule has 2 aliphatic rings. The SMILES string of the molecule is CCC1c2nc3ccc(C#CCC4(O)COC4)cc3n2-c2c(OC(F)F)cccc2C(=O)N1C. The van der Waals surface area contributed by atoms with Crippen LogP contribution in [0.5, 0.6) is 5.75 Å². The van der Waals surface area contributed by atoms with Gasteiger partial charge in [0.25, 0.3) is 5.91 Å². The molecule has 3 aromatic rings. The van der Waals surface area contributed by atoms with Crippen LogP contribution in [0, 0.1) is 11.8 Å². The molecule has 7 nitrogen and oxygen atoms in total. The minimum atomic E-state index is -3.05. The minimum Gasteiger partial charge on any atom is -0.433 e. The van der Waals surface area contributed by atoms with Crippen molar-refractivity contribution in [3.8, 4) is 23.3 Å². The van der Waals surface area contributed by atoms with E-state index in [1.165, 1.54) is 12.1 Å². The summed E-state index contributed by atoms with van der Waals surface area (Å²) in [6, 6.07) is 9.63. The summed E-state index contributed by atoms with van der Waals surface area (Å²) in [5, 5.41) is 10.2. The number of imidazole rings is 1. The van der Waals surface area contributed by atoms with Crippen molar-refractivity contribution < 1.29 is 28.2 Å². The van der Waals surface area contributed by atoms with E-state index in [2.05, 4.69) is 11.8 Å². The first-order valence-corrected chi connectivity index (χ1v) is 11.0.